The largest absolute Gasteiger partial charge is 0.349 e. The van der Waals surface area contributed by atoms with E-state index in [9.17, 15) is 0 Å². The number of allylic oxidation sites excluding steroid dienone is 5. The van der Waals surface area contributed by atoms with Gasteiger partial charge in [-0.25, -0.2) is 0 Å². The molecule has 0 aromatic heterocycles. The van der Waals surface area contributed by atoms with Crippen LogP contribution in [0.25, 0.3) is 0 Å². The highest BCUT2D eigenvalue weighted by molar-refractivity contribution is 5.96. The van der Waals surface area contributed by atoms with Crippen LogP contribution in [0.1, 0.15) is 60.8 Å². The van der Waals surface area contributed by atoms with Crippen LogP contribution in [0.5, 0.6) is 0 Å². The normalized spacial score (nSPS) is 13.1. The Kier molecular flexibility index (Phi) is 10.7. The number of rotatable bonds is 10. The predicted molar refractivity (Wildman–Crippen MR) is 109 cm³/mol. The summed E-state index contributed by atoms with van der Waals surface area (Å²) in [6.45, 7) is 20.1. The molecule has 0 saturated carbocycles. The average molecular weight is 330 g/mol. The van der Waals surface area contributed by atoms with Gasteiger partial charge in [0.2, 0.25) is 0 Å². The van der Waals surface area contributed by atoms with Gasteiger partial charge in [-0.3, -0.25) is 10.4 Å². The zero-order chi connectivity index (χ0) is 18.7. The Morgan fingerprint density at radius 3 is 2.25 bits per heavy atom. The number of nitrogens with one attached hydrogen (secondary N) is 2. The molecule has 2 unspecified atom stereocenters. The van der Waals surface area contributed by atoms with Gasteiger partial charge in [-0.05, 0) is 66.4 Å². The van der Waals surface area contributed by atoms with Crippen LogP contribution in [0.2, 0.25) is 0 Å². The van der Waals surface area contributed by atoms with Crippen molar-refractivity contribution in [3.63, 3.8) is 0 Å². The molecule has 24 heavy (non-hydrogen) atoms. The van der Waals surface area contributed by atoms with Crippen molar-refractivity contribution < 1.29 is 0 Å². The van der Waals surface area contributed by atoms with Gasteiger partial charge in [-0.2, -0.15) is 0 Å². The molecule has 0 amide bonds. The summed E-state index contributed by atoms with van der Waals surface area (Å²) in [4.78, 5) is 4.53. The minimum atomic E-state index is -0.133. The summed E-state index contributed by atoms with van der Waals surface area (Å²) in [6.07, 6.45) is 8.56. The molecule has 3 nitrogen and oxygen atoms in total. The average Bonchev–Trinajstić information content (AvgIpc) is 2.46. The van der Waals surface area contributed by atoms with Crippen molar-refractivity contribution in [1.82, 2.24) is 5.32 Å². The minimum absolute atomic E-state index is 0.133. The molecule has 0 aromatic rings. The smallest absolute Gasteiger partial charge is 0.122 e. The summed E-state index contributed by atoms with van der Waals surface area (Å²) in [5.41, 5.74) is 4.65. The van der Waals surface area contributed by atoms with Crippen molar-refractivity contribution in [3.8, 4) is 0 Å². The standard InChI is InChI=1S/C21H35N3/c1-9-19(12-10-15(2)3)14-23-18(8)24-21(22)20(17(6)7)13-11-16(4)5/h9-10,14,18-19H,1,4,11-13H2,2-3,5-8H3,(H2,22,24)/b23-14+. The fraction of sp³-hybridized carbons (Fsp3) is 0.524. The number of amidine groups is 1. The van der Waals surface area contributed by atoms with Crippen LogP contribution in [0.4, 0.5) is 0 Å². The third-order valence-corrected chi connectivity index (χ3v) is 3.66. The highest BCUT2D eigenvalue weighted by Gasteiger charge is 2.10. The van der Waals surface area contributed by atoms with Gasteiger partial charge in [-0.1, -0.05) is 28.9 Å². The molecule has 2 atom stereocenters. The quantitative estimate of drug-likeness (QED) is 0.296. The molecule has 0 heterocycles. The van der Waals surface area contributed by atoms with E-state index in [2.05, 4.69) is 43.4 Å². The third kappa shape index (κ3) is 9.98. The molecular weight excluding hydrogens is 294 g/mol. The molecular formula is C21H35N3. The fourth-order valence-electron chi connectivity index (χ4n) is 2.13. The van der Waals surface area contributed by atoms with Gasteiger partial charge < -0.3 is 5.32 Å². The lowest BCUT2D eigenvalue weighted by Gasteiger charge is -2.17. The van der Waals surface area contributed by atoms with Crippen LogP contribution in [-0.4, -0.2) is 18.2 Å². The Bertz CT molecular complexity index is 527. The fourth-order valence-corrected chi connectivity index (χ4v) is 2.13. The maximum Gasteiger partial charge on any atom is 0.122 e. The summed E-state index contributed by atoms with van der Waals surface area (Å²) in [6, 6.07) is 0. The van der Waals surface area contributed by atoms with E-state index in [4.69, 9.17) is 5.41 Å². The summed E-state index contributed by atoms with van der Waals surface area (Å²) >= 11 is 0. The molecule has 134 valence electrons. The molecule has 0 aromatic carbocycles. The first-order chi connectivity index (χ1) is 11.2. The number of hydrogen-bond acceptors (Lipinski definition) is 2. The van der Waals surface area contributed by atoms with E-state index in [0.29, 0.717) is 5.84 Å². The summed E-state index contributed by atoms with van der Waals surface area (Å²) < 4.78 is 0. The Balaban J connectivity index is 4.74. The van der Waals surface area contributed by atoms with Crippen molar-refractivity contribution in [1.29, 1.82) is 5.41 Å². The van der Waals surface area contributed by atoms with E-state index in [0.717, 1.165) is 36.0 Å². The molecule has 2 N–H and O–H groups in total. The van der Waals surface area contributed by atoms with E-state index >= 15 is 0 Å². The van der Waals surface area contributed by atoms with Gasteiger partial charge in [0.05, 0.1) is 0 Å². The summed E-state index contributed by atoms with van der Waals surface area (Å²) in [5.74, 6) is 0.685. The first-order valence-electron chi connectivity index (χ1n) is 8.62. The van der Waals surface area contributed by atoms with E-state index in [1.54, 1.807) is 0 Å². The van der Waals surface area contributed by atoms with Crippen molar-refractivity contribution in [2.24, 2.45) is 10.9 Å². The van der Waals surface area contributed by atoms with Crippen LogP contribution in [0, 0.1) is 11.3 Å². The van der Waals surface area contributed by atoms with Gasteiger partial charge >= 0.3 is 0 Å². The summed E-state index contributed by atoms with van der Waals surface area (Å²) in [7, 11) is 0. The molecule has 0 rings (SSSR count). The number of aliphatic imine (C=N–C) groups is 1. The Morgan fingerprint density at radius 1 is 1.17 bits per heavy atom. The Labute approximate surface area is 148 Å². The minimum Gasteiger partial charge on any atom is -0.349 e. The van der Waals surface area contributed by atoms with Gasteiger partial charge in [-0.15, -0.1) is 13.2 Å². The maximum absolute atomic E-state index is 8.32. The SMILES string of the molecule is C=CC(/C=N/C(C)NC(=N)C(CCC(=C)C)=C(C)C)CC=C(C)C. The van der Waals surface area contributed by atoms with Crippen LogP contribution in [0.3, 0.4) is 0 Å². The second-order valence-electron chi connectivity index (χ2n) is 6.85. The Hall–Kier alpha value is -1.90. The van der Waals surface area contributed by atoms with Crippen molar-refractivity contribution in [2.75, 3.05) is 0 Å². The number of nitrogens with zero attached hydrogens (tertiary/aromatic N) is 1. The van der Waals surface area contributed by atoms with Gasteiger partial charge in [0, 0.05) is 12.1 Å². The van der Waals surface area contributed by atoms with Crippen LogP contribution in [-0.2, 0) is 0 Å². The molecule has 0 fully saturated rings. The highest BCUT2D eigenvalue weighted by atomic mass is 15.1. The van der Waals surface area contributed by atoms with E-state index in [1.165, 1.54) is 5.57 Å². The zero-order valence-corrected chi connectivity index (χ0v) is 16.4. The highest BCUT2D eigenvalue weighted by Crippen LogP contribution is 2.15. The Morgan fingerprint density at radius 2 is 1.79 bits per heavy atom. The summed E-state index contributed by atoms with van der Waals surface area (Å²) in [5, 5.41) is 11.5. The molecule has 0 aliphatic heterocycles. The molecule has 0 radical (unpaired) electrons. The topological polar surface area (TPSA) is 48.2 Å². The second-order valence-corrected chi connectivity index (χ2v) is 6.85. The molecule has 0 aliphatic rings. The third-order valence-electron chi connectivity index (χ3n) is 3.66. The van der Waals surface area contributed by atoms with Gasteiger partial charge in [0.25, 0.3) is 0 Å². The maximum atomic E-state index is 8.32. The molecule has 3 heteroatoms. The van der Waals surface area contributed by atoms with Crippen molar-refractivity contribution in [3.05, 3.63) is 47.6 Å². The van der Waals surface area contributed by atoms with Crippen LogP contribution in [0.15, 0.2) is 52.6 Å². The molecule has 0 bridgehead atoms. The first-order valence-corrected chi connectivity index (χ1v) is 8.62. The van der Waals surface area contributed by atoms with Crippen molar-refractivity contribution in [2.45, 2.75) is 67.0 Å². The lowest BCUT2D eigenvalue weighted by molar-refractivity contribution is 0.690. The second kappa shape index (κ2) is 11.6. The van der Waals surface area contributed by atoms with Gasteiger partial charge in [0.1, 0.15) is 12.0 Å². The lowest BCUT2D eigenvalue weighted by Crippen LogP contribution is -2.32. The number of hydrogen-bond donors (Lipinski definition) is 2. The van der Waals surface area contributed by atoms with E-state index in [-0.39, 0.29) is 12.1 Å². The van der Waals surface area contributed by atoms with E-state index in [1.807, 2.05) is 40.0 Å². The van der Waals surface area contributed by atoms with Crippen LogP contribution >= 0.6 is 0 Å². The monoisotopic (exact) mass is 329 g/mol. The van der Waals surface area contributed by atoms with Crippen molar-refractivity contribution >= 4 is 12.1 Å². The van der Waals surface area contributed by atoms with Gasteiger partial charge in [0.15, 0.2) is 0 Å². The molecule has 0 saturated heterocycles. The predicted octanol–water partition coefficient (Wildman–Crippen LogP) is 5.82. The van der Waals surface area contributed by atoms with Crippen LogP contribution < -0.4 is 5.32 Å². The zero-order valence-electron chi connectivity index (χ0n) is 16.4. The van der Waals surface area contributed by atoms with E-state index < -0.39 is 0 Å². The lowest BCUT2D eigenvalue weighted by atomic mass is 10.0. The molecule has 0 aliphatic carbocycles. The molecule has 0 spiro atoms. The first kappa shape index (κ1) is 22.1.